The smallest absolute Gasteiger partial charge is 0.335 e. The van der Waals surface area contributed by atoms with Gasteiger partial charge in [-0.2, -0.15) is 0 Å². The molecule has 1 rings (SSSR count). The summed E-state index contributed by atoms with van der Waals surface area (Å²) in [6.45, 7) is 4.48. The van der Waals surface area contributed by atoms with E-state index >= 15 is 0 Å². The summed E-state index contributed by atoms with van der Waals surface area (Å²) in [5.74, 6) is -2.81. The van der Waals surface area contributed by atoms with Crippen molar-refractivity contribution >= 4 is 11.9 Å². The molecular formula is C11H10O5-2. The molecule has 0 aliphatic rings. The lowest BCUT2D eigenvalue weighted by atomic mass is 10.2. The van der Waals surface area contributed by atoms with Gasteiger partial charge in [0, 0.05) is 0 Å². The summed E-state index contributed by atoms with van der Waals surface area (Å²) in [4.78, 5) is 19.7. The Morgan fingerprint density at radius 2 is 1.75 bits per heavy atom. The monoisotopic (exact) mass is 222 g/mol. The van der Waals surface area contributed by atoms with Crippen LogP contribution in [0, 0.1) is 0 Å². The quantitative estimate of drug-likeness (QED) is 0.696. The Hall–Kier alpha value is -2.30. The van der Waals surface area contributed by atoms with Gasteiger partial charge in [-0.15, -0.1) is 0 Å². The average molecular weight is 222 g/mol. The maximum atomic E-state index is 10.7. The van der Waals surface area contributed by atoms with Crippen LogP contribution in [-0.4, -0.2) is 17.0 Å². The maximum absolute atomic E-state index is 10.7. The largest absolute Gasteiger partial charge is 0.872 e. The Labute approximate surface area is 92.3 Å². The van der Waals surface area contributed by atoms with Gasteiger partial charge in [0.2, 0.25) is 0 Å². The van der Waals surface area contributed by atoms with E-state index in [4.69, 9.17) is 5.11 Å². The number of carbonyl (C=O) groups is 2. The minimum atomic E-state index is -1.19. The molecule has 0 aromatic heterocycles. The van der Waals surface area contributed by atoms with Crippen molar-refractivity contribution in [1.82, 2.24) is 0 Å². The third-order valence-electron chi connectivity index (χ3n) is 1.47. The molecule has 0 radical (unpaired) electrons. The Kier molecular flexibility index (Phi) is 5.34. The predicted octanol–water partition coefficient (Wildman–Crippen LogP) is -0.229. The van der Waals surface area contributed by atoms with Crippen molar-refractivity contribution in [3.05, 3.63) is 42.0 Å². The first-order chi connectivity index (χ1) is 7.36. The molecule has 0 fully saturated rings. The minimum Gasteiger partial charge on any atom is -0.872 e. The molecule has 0 aliphatic heterocycles. The van der Waals surface area contributed by atoms with Gasteiger partial charge < -0.3 is 20.1 Å². The van der Waals surface area contributed by atoms with Crippen molar-refractivity contribution in [1.29, 1.82) is 0 Å². The van der Waals surface area contributed by atoms with E-state index in [1.165, 1.54) is 31.2 Å². The topological polar surface area (TPSA) is 100 Å². The molecule has 0 atom stereocenters. The molecular weight excluding hydrogens is 212 g/mol. The fourth-order valence-electron chi connectivity index (χ4n) is 0.643. The molecule has 1 aromatic rings. The molecule has 0 amide bonds. The van der Waals surface area contributed by atoms with Gasteiger partial charge in [0.05, 0.1) is 11.5 Å². The number of carboxylic acids is 2. The first-order valence-electron chi connectivity index (χ1n) is 4.22. The number of carbonyl (C=O) groups excluding carboxylic acids is 1. The highest BCUT2D eigenvalue weighted by atomic mass is 16.4. The predicted molar refractivity (Wildman–Crippen MR) is 52.7 cm³/mol. The van der Waals surface area contributed by atoms with Crippen LogP contribution >= 0.6 is 0 Å². The highest BCUT2D eigenvalue weighted by molar-refractivity contribution is 5.90. The van der Waals surface area contributed by atoms with Crippen molar-refractivity contribution in [3.63, 3.8) is 0 Å². The van der Waals surface area contributed by atoms with Gasteiger partial charge in [-0.25, -0.2) is 4.79 Å². The van der Waals surface area contributed by atoms with Crippen molar-refractivity contribution in [2.45, 2.75) is 6.92 Å². The minimum absolute atomic E-state index is 0.0648. The molecule has 0 spiro atoms. The molecule has 1 aromatic carbocycles. The van der Waals surface area contributed by atoms with Crippen LogP contribution in [0.25, 0.3) is 0 Å². The van der Waals surface area contributed by atoms with Crippen molar-refractivity contribution in [2.24, 2.45) is 0 Å². The Bertz CT molecular complexity index is 397. The highest BCUT2D eigenvalue weighted by Gasteiger charge is 1.99. The van der Waals surface area contributed by atoms with Gasteiger partial charge in [-0.3, -0.25) is 0 Å². The number of benzene rings is 1. The van der Waals surface area contributed by atoms with Crippen molar-refractivity contribution in [2.75, 3.05) is 0 Å². The van der Waals surface area contributed by atoms with Gasteiger partial charge >= 0.3 is 5.97 Å². The number of carboxylic acid groups (broad SMARTS) is 2. The van der Waals surface area contributed by atoms with Crippen LogP contribution in [0.1, 0.15) is 17.3 Å². The first kappa shape index (κ1) is 13.7. The molecule has 0 saturated carbocycles. The average Bonchev–Trinajstić information content (AvgIpc) is 2.18. The van der Waals surface area contributed by atoms with Crippen LogP contribution in [-0.2, 0) is 4.79 Å². The van der Waals surface area contributed by atoms with Gasteiger partial charge in [0.25, 0.3) is 0 Å². The van der Waals surface area contributed by atoms with Gasteiger partial charge in [-0.05, 0) is 18.6 Å². The maximum Gasteiger partial charge on any atom is 0.335 e. The molecule has 5 nitrogen and oxygen atoms in total. The van der Waals surface area contributed by atoms with Gasteiger partial charge in [0.15, 0.2) is 0 Å². The van der Waals surface area contributed by atoms with Gasteiger partial charge in [0.1, 0.15) is 0 Å². The van der Waals surface area contributed by atoms with E-state index in [-0.39, 0.29) is 11.1 Å². The van der Waals surface area contributed by atoms with Crippen LogP contribution in [0.5, 0.6) is 5.75 Å². The number of para-hydroxylation sites is 1. The number of rotatable bonds is 2. The summed E-state index contributed by atoms with van der Waals surface area (Å²) < 4.78 is 0. The second kappa shape index (κ2) is 6.23. The summed E-state index contributed by atoms with van der Waals surface area (Å²) >= 11 is 0. The van der Waals surface area contributed by atoms with E-state index in [1.54, 1.807) is 0 Å². The molecule has 16 heavy (non-hydrogen) atoms. The molecule has 0 unspecified atom stereocenters. The van der Waals surface area contributed by atoms with Crippen LogP contribution < -0.4 is 10.2 Å². The van der Waals surface area contributed by atoms with Gasteiger partial charge in [-0.1, -0.05) is 30.5 Å². The van der Waals surface area contributed by atoms with Crippen LogP contribution in [0.15, 0.2) is 36.4 Å². The first-order valence-corrected chi connectivity index (χ1v) is 4.22. The summed E-state index contributed by atoms with van der Waals surface area (Å²) in [6.07, 6.45) is 0. The number of aromatic carboxylic acids is 1. The van der Waals surface area contributed by atoms with Crippen molar-refractivity contribution in [3.8, 4) is 5.75 Å². The van der Waals surface area contributed by atoms with E-state index in [0.29, 0.717) is 0 Å². The lowest BCUT2D eigenvalue weighted by Gasteiger charge is -2.07. The number of aliphatic carboxylic acids is 1. The molecule has 0 aliphatic carbocycles. The lowest BCUT2D eigenvalue weighted by Crippen LogP contribution is -2.22. The van der Waals surface area contributed by atoms with E-state index in [9.17, 15) is 19.8 Å². The van der Waals surface area contributed by atoms with E-state index in [0.717, 1.165) is 0 Å². The molecule has 0 heterocycles. The normalized spacial score (nSPS) is 8.56. The Morgan fingerprint density at radius 1 is 1.31 bits per heavy atom. The zero-order valence-corrected chi connectivity index (χ0v) is 8.60. The van der Waals surface area contributed by atoms with Crippen molar-refractivity contribution < 1.29 is 24.9 Å². The second-order valence-corrected chi connectivity index (χ2v) is 2.87. The van der Waals surface area contributed by atoms with Crippen LogP contribution in [0.2, 0.25) is 0 Å². The van der Waals surface area contributed by atoms with Crippen LogP contribution in [0.3, 0.4) is 0 Å². The molecule has 0 saturated heterocycles. The zero-order chi connectivity index (χ0) is 12.7. The van der Waals surface area contributed by atoms with E-state index in [2.05, 4.69) is 6.58 Å². The summed E-state index contributed by atoms with van der Waals surface area (Å²) in [7, 11) is 0. The summed E-state index contributed by atoms with van der Waals surface area (Å²) in [6, 6.07) is 5.54. The lowest BCUT2D eigenvalue weighted by molar-refractivity contribution is -0.299. The standard InChI is InChI=1S/C7H6O3.C4H6O2/c8-6-4-2-1-3-5(6)7(9)10;1-3(2)4(5)6/h1-4,8H,(H,9,10);1H2,2H3,(H,5,6)/p-2. The number of hydrogen-bond donors (Lipinski definition) is 1. The zero-order valence-electron chi connectivity index (χ0n) is 8.60. The fourth-order valence-corrected chi connectivity index (χ4v) is 0.643. The molecule has 1 N–H and O–H groups in total. The van der Waals surface area contributed by atoms with E-state index in [1.807, 2.05) is 0 Å². The third kappa shape index (κ3) is 4.80. The fraction of sp³-hybridized carbons (Fsp3) is 0.0909. The molecule has 5 heteroatoms. The van der Waals surface area contributed by atoms with E-state index < -0.39 is 17.7 Å². The highest BCUT2D eigenvalue weighted by Crippen LogP contribution is 2.10. The summed E-state index contributed by atoms with van der Waals surface area (Å²) in [5, 5.41) is 28.5. The molecule has 0 bridgehead atoms. The Morgan fingerprint density at radius 3 is 2.00 bits per heavy atom. The third-order valence-corrected chi connectivity index (χ3v) is 1.47. The molecule has 86 valence electrons. The SMILES string of the molecule is C=C(C)C(=O)[O-].O=C(O)c1ccccc1[O-]. The summed E-state index contributed by atoms with van der Waals surface area (Å²) in [5.41, 5.74) is -0.113. The number of hydrogen-bond acceptors (Lipinski definition) is 4. The van der Waals surface area contributed by atoms with Crippen LogP contribution in [0.4, 0.5) is 0 Å². The Balaban J connectivity index is 0.000000325. The second-order valence-electron chi connectivity index (χ2n) is 2.87.